The van der Waals surface area contributed by atoms with Crippen molar-refractivity contribution in [2.75, 3.05) is 6.54 Å². The minimum atomic E-state index is -1.56. The first-order valence-electron chi connectivity index (χ1n) is 5.02. The molecule has 0 aliphatic rings. The summed E-state index contributed by atoms with van der Waals surface area (Å²) in [6, 6.07) is 1.59. The summed E-state index contributed by atoms with van der Waals surface area (Å²) in [6.07, 6.45) is 0.108. The van der Waals surface area contributed by atoms with E-state index in [1.54, 1.807) is 0 Å². The predicted octanol–water partition coefficient (Wildman–Crippen LogP) is 1.70. The van der Waals surface area contributed by atoms with Crippen LogP contribution in [-0.2, 0) is 11.2 Å². The third kappa shape index (κ3) is 3.45. The fraction of sp³-hybridized carbons (Fsp3) is 0.364. The van der Waals surface area contributed by atoms with Crippen LogP contribution in [0.5, 0.6) is 0 Å². The predicted molar refractivity (Wildman–Crippen MR) is 54.8 cm³/mol. The highest BCUT2D eigenvalue weighted by Crippen LogP contribution is 2.18. The van der Waals surface area contributed by atoms with Gasteiger partial charge < -0.3 is 10.8 Å². The summed E-state index contributed by atoms with van der Waals surface area (Å²) in [7, 11) is 0. The average Bonchev–Trinajstić information content (AvgIpc) is 2.25. The summed E-state index contributed by atoms with van der Waals surface area (Å²) in [5, 5.41) is 8.84. The minimum absolute atomic E-state index is 0.0827. The fourth-order valence-corrected chi connectivity index (χ4v) is 1.52. The molecule has 94 valence electrons. The molecule has 0 radical (unpaired) electrons. The zero-order chi connectivity index (χ0) is 13.0. The lowest BCUT2D eigenvalue weighted by atomic mass is 9.96. The van der Waals surface area contributed by atoms with Crippen LogP contribution in [0.4, 0.5) is 13.2 Å². The first-order chi connectivity index (χ1) is 7.95. The SMILES string of the molecule is NCCC(Cc1cc(F)c(F)c(F)c1)C(=O)O. The maximum Gasteiger partial charge on any atom is 0.306 e. The molecule has 0 bridgehead atoms. The lowest BCUT2D eigenvalue weighted by molar-refractivity contribution is -0.141. The van der Waals surface area contributed by atoms with Gasteiger partial charge in [0.05, 0.1) is 5.92 Å². The van der Waals surface area contributed by atoms with Gasteiger partial charge in [-0.3, -0.25) is 4.79 Å². The number of hydrogen-bond donors (Lipinski definition) is 2. The van der Waals surface area contributed by atoms with Crippen LogP contribution >= 0.6 is 0 Å². The second-order valence-corrected chi connectivity index (χ2v) is 3.69. The van der Waals surface area contributed by atoms with Crippen molar-refractivity contribution in [1.82, 2.24) is 0 Å². The van der Waals surface area contributed by atoms with E-state index in [-0.39, 0.29) is 24.9 Å². The van der Waals surface area contributed by atoms with Crippen molar-refractivity contribution in [3.05, 3.63) is 35.1 Å². The van der Waals surface area contributed by atoms with Gasteiger partial charge in [0.1, 0.15) is 0 Å². The molecule has 0 saturated carbocycles. The number of benzene rings is 1. The summed E-state index contributed by atoms with van der Waals surface area (Å²) in [6.45, 7) is 0.156. The molecule has 1 atom stereocenters. The first kappa shape index (κ1) is 13.5. The highest BCUT2D eigenvalue weighted by Gasteiger charge is 2.19. The maximum atomic E-state index is 12.9. The zero-order valence-electron chi connectivity index (χ0n) is 8.92. The monoisotopic (exact) mass is 247 g/mol. The molecule has 0 aliphatic heterocycles. The number of hydrogen-bond acceptors (Lipinski definition) is 2. The van der Waals surface area contributed by atoms with E-state index < -0.39 is 29.3 Å². The van der Waals surface area contributed by atoms with Crippen molar-refractivity contribution >= 4 is 5.97 Å². The Hall–Kier alpha value is -1.56. The number of carboxylic acids is 1. The van der Waals surface area contributed by atoms with E-state index in [9.17, 15) is 18.0 Å². The Labute approximate surface area is 96.0 Å². The Morgan fingerprint density at radius 1 is 1.29 bits per heavy atom. The topological polar surface area (TPSA) is 63.3 Å². The van der Waals surface area contributed by atoms with Crippen LogP contribution < -0.4 is 5.73 Å². The van der Waals surface area contributed by atoms with Crippen LogP contribution in [-0.4, -0.2) is 17.6 Å². The molecule has 0 spiro atoms. The van der Waals surface area contributed by atoms with Crippen LogP contribution in [0.25, 0.3) is 0 Å². The molecular formula is C11H12F3NO2. The smallest absolute Gasteiger partial charge is 0.306 e. The largest absolute Gasteiger partial charge is 0.481 e. The van der Waals surface area contributed by atoms with Crippen LogP contribution in [0.15, 0.2) is 12.1 Å². The molecule has 17 heavy (non-hydrogen) atoms. The third-order valence-electron chi connectivity index (χ3n) is 2.39. The Morgan fingerprint density at radius 2 is 1.82 bits per heavy atom. The standard InChI is InChI=1S/C11H12F3NO2/c12-8-4-6(5-9(13)10(8)14)3-7(1-2-15)11(16)17/h4-5,7H,1-3,15H2,(H,16,17). The number of nitrogens with two attached hydrogens (primary N) is 1. The summed E-state index contributed by atoms with van der Waals surface area (Å²) in [5.41, 5.74) is 5.33. The number of rotatable bonds is 5. The van der Waals surface area contributed by atoms with Crippen molar-refractivity contribution in [1.29, 1.82) is 0 Å². The fourth-order valence-electron chi connectivity index (χ4n) is 1.52. The van der Waals surface area contributed by atoms with Crippen LogP contribution in [0.3, 0.4) is 0 Å². The van der Waals surface area contributed by atoms with Crippen molar-refractivity contribution in [3.8, 4) is 0 Å². The van der Waals surface area contributed by atoms with Gasteiger partial charge >= 0.3 is 5.97 Å². The van der Waals surface area contributed by atoms with E-state index in [4.69, 9.17) is 10.8 Å². The molecule has 1 unspecified atom stereocenters. The summed E-state index contributed by atoms with van der Waals surface area (Å²) >= 11 is 0. The summed E-state index contributed by atoms with van der Waals surface area (Å²) < 4.78 is 38.4. The van der Waals surface area contributed by atoms with Gasteiger partial charge in [-0.2, -0.15) is 0 Å². The Kier molecular flexibility index (Phi) is 4.51. The average molecular weight is 247 g/mol. The zero-order valence-corrected chi connectivity index (χ0v) is 8.92. The van der Waals surface area contributed by atoms with Crippen molar-refractivity contribution in [2.45, 2.75) is 12.8 Å². The van der Waals surface area contributed by atoms with Crippen LogP contribution in [0.1, 0.15) is 12.0 Å². The second kappa shape index (κ2) is 5.67. The normalized spacial score (nSPS) is 12.5. The second-order valence-electron chi connectivity index (χ2n) is 3.69. The van der Waals surface area contributed by atoms with Gasteiger partial charge in [-0.15, -0.1) is 0 Å². The van der Waals surface area contributed by atoms with Gasteiger partial charge in [-0.05, 0) is 37.1 Å². The molecule has 0 aromatic heterocycles. The van der Waals surface area contributed by atoms with E-state index in [0.29, 0.717) is 0 Å². The first-order valence-corrected chi connectivity index (χ1v) is 5.02. The molecule has 6 heteroatoms. The highest BCUT2D eigenvalue weighted by molar-refractivity contribution is 5.70. The van der Waals surface area contributed by atoms with Crippen molar-refractivity contribution in [3.63, 3.8) is 0 Å². The molecule has 0 saturated heterocycles. The van der Waals surface area contributed by atoms with Gasteiger partial charge in [0, 0.05) is 0 Å². The Bertz CT molecular complexity index is 400. The maximum absolute atomic E-state index is 12.9. The molecule has 0 heterocycles. The van der Waals surface area contributed by atoms with E-state index in [2.05, 4.69) is 0 Å². The minimum Gasteiger partial charge on any atom is -0.481 e. The number of carboxylic acid groups (broad SMARTS) is 1. The molecule has 0 aliphatic carbocycles. The van der Waals surface area contributed by atoms with E-state index in [1.807, 2.05) is 0 Å². The molecule has 3 N–H and O–H groups in total. The number of aliphatic carboxylic acids is 1. The van der Waals surface area contributed by atoms with E-state index in [0.717, 1.165) is 12.1 Å². The summed E-state index contributed by atoms with van der Waals surface area (Å²) in [4.78, 5) is 10.8. The van der Waals surface area contributed by atoms with Gasteiger partial charge in [-0.1, -0.05) is 0 Å². The molecule has 0 amide bonds. The van der Waals surface area contributed by atoms with E-state index >= 15 is 0 Å². The number of halogens is 3. The van der Waals surface area contributed by atoms with Crippen LogP contribution in [0.2, 0.25) is 0 Å². The molecule has 1 aromatic rings. The highest BCUT2D eigenvalue weighted by atomic mass is 19.2. The van der Waals surface area contributed by atoms with Crippen molar-refractivity contribution < 1.29 is 23.1 Å². The van der Waals surface area contributed by atoms with Gasteiger partial charge in [-0.25, -0.2) is 13.2 Å². The number of carbonyl (C=O) groups is 1. The van der Waals surface area contributed by atoms with Crippen LogP contribution in [0, 0.1) is 23.4 Å². The molecule has 0 fully saturated rings. The lowest BCUT2D eigenvalue weighted by Gasteiger charge is -2.11. The van der Waals surface area contributed by atoms with Gasteiger partial charge in [0.2, 0.25) is 0 Å². The molecule has 1 rings (SSSR count). The van der Waals surface area contributed by atoms with Gasteiger partial charge in [0.25, 0.3) is 0 Å². The Morgan fingerprint density at radius 3 is 2.24 bits per heavy atom. The lowest BCUT2D eigenvalue weighted by Crippen LogP contribution is -2.20. The van der Waals surface area contributed by atoms with Gasteiger partial charge in [0.15, 0.2) is 17.5 Å². The quantitative estimate of drug-likeness (QED) is 0.778. The Balaban J connectivity index is 2.90. The third-order valence-corrected chi connectivity index (χ3v) is 2.39. The molecule has 3 nitrogen and oxygen atoms in total. The summed E-state index contributed by atoms with van der Waals surface area (Å²) in [5.74, 6) is -6.13. The van der Waals surface area contributed by atoms with E-state index in [1.165, 1.54) is 0 Å². The molecule has 1 aromatic carbocycles. The van der Waals surface area contributed by atoms with Crippen molar-refractivity contribution in [2.24, 2.45) is 11.7 Å². The molecular weight excluding hydrogens is 235 g/mol.